The topological polar surface area (TPSA) is 83.6 Å². The van der Waals surface area contributed by atoms with E-state index in [1.165, 1.54) is 6.92 Å². The van der Waals surface area contributed by atoms with Crippen LogP contribution in [0, 0.1) is 10.1 Å². The van der Waals surface area contributed by atoms with Gasteiger partial charge in [-0.15, -0.1) is 0 Å². The van der Waals surface area contributed by atoms with Gasteiger partial charge in [0.15, 0.2) is 6.10 Å². The summed E-state index contributed by atoms with van der Waals surface area (Å²) in [6.45, 7) is 3.04. The number of rotatable bonds is 4. The Morgan fingerprint density at radius 1 is 1.64 bits per heavy atom. The molecule has 0 rings (SSSR count). The first-order valence-electron chi connectivity index (χ1n) is 3.54. The van der Waals surface area contributed by atoms with E-state index in [2.05, 4.69) is 0 Å². The Balaban J connectivity index is 4.45. The summed E-state index contributed by atoms with van der Waals surface area (Å²) < 4.78 is 0. The van der Waals surface area contributed by atoms with E-state index in [-0.39, 0.29) is 12.8 Å². The van der Waals surface area contributed by atoms with E-state index in [0.717, 1.165) is 0 Å². The number of nitrogens with zero attached hydrogens (tertiary/aromatic N) is 1. The van der Waals surface area contributed by atoms with Crippen molar-refractivity contribution in [3.05, 3.63) is 10.1 Å². The number of hydrogen-bond acceptors (Lipinski definition) is 4. The molecule has 0 spiro atoms. The molecule has 0 heterocycles. The van der Waals surface area contributed by atoms with Crippen LogP contribution in [0.3, 0.4) is 0 Å². The van der Waals surface area contributed by atoms with Crippen LogP contribution in [-0.4, -0.2) is 27.0 Å². The van der Waals surface area contributed by atoms with Gasteiger partial charge in [0.1, 0.15) is 0 Å². The zero-order valence-corrected chi connectivity index (χ0v) is 6.65. The molecule has 2 unspecified atom stereocenters. The minimum Gasteiger partial charge on any atom is -0.383 e. The van der Waals surface area contributed by atoms with Crippen molar-refractivity contribution in [2.45, 2.75) is 38.5 Å². The number of hydrogen-bond donors (Lipinski definition) is 2. The second kappa shape index (κ2) is 3.64. The van der Waals surface area contributed by atoms with Crippen LogP contribution in [0.4, 0.5) is 0 Å². The zero-order valence-electron chi connectivity index (χ0n) is 6.65. The van der Waals surface area contributed by atoms with Crippen LogP contribution in [0.1, 0.15) is 26.7 Å². The lowest BCUT2D eigenvalue weighted by Crippen LogP contribution is -2.48. The lowest BCUT2D eigenvalue weighted by atomic mass is 10.0. The van der Waals surface area contributed by atoms with E-state index in [1.54, 1.807) is 6.92 Å². The van der Waals surface area contributed by atoms with Crippen molar-refractivity contribution >= 4 is 0 Å². The fraction of sp³-hybridized carbons (Fsp3) is 1.00. The highest BCUT2D eigenvalue weighted by Gasteiger charge is 2.45. The molecule has 2 N–H and O–H groups in total. The molecular formula is C6H13NO4. The van der Waals surface area contributed by atoms with Crippen LogP contribution < -0.4 is 0 Å². The monoisotopic (exact) mass is 163 g/mol. The lowest BCUT2D eigenvalue weighted by molar-refractivity contribution is -0.638. The van der Waals surface area contributed by atoms with E-state index < -0.39 is 16.8 Å². The van der Waals surface area contributed by atoms with E-state index in [0.29, 0.717) is 0 Å². The van der Waals surface area contributed by atoms with Gasteiger partial charge in [-0.3, -0.25) is 10.1 Å². The molecule has 0 radical (unpaired) electrons. The van der Waals surface area contributed by atoms with Crippen LogP contribution in [0.2, 0.25) is 0 Å². The molecule has 0 bridgehead atoms. The van der Waals surface area contributed by atoms with Gasteiger partial charge in [0, 0.05) is 6.42 Å². The predicted molar refractivity (Wildman–Crippen MR) is 38.5 cm³/mol. The molecule has 2 atom stereocenters. The number of nitro groups is 1. The van der Waals surface area contributed by atoms with Gasteiger partial charge in [0.05, 0.1) is 4.92 Å². The van der Waals surface area contributed by atoms with E-state index >= 15 is 0 Å². The van der Waals surface area contributed by atoms with Gasteiger partial charge in [-0.05, 0) is 6.42 Å². The van der Waals surface area contributed by atoms with Crippen molar-refractivity contribution in [3.8, 4) is 0 Å². The zero-order chi connectivity index (χ0) is 9.07. The average Bonchev–Trinajstić information content (AvgIpc) is 2.01. The Bertz CT molecular complexity index is 150. The van der Waals surface area contributed by atoms with Gasteiger partial charge in [0.2, 0.25) is 0 Å². The van der Waals surface area contributed by atoms with Crippen LogP contribution in [-0.2, 0) is 0 Å². The summed E-state index contributed by atoms with van der Waals surface area (Å²) in [5, 5.41) is 28.5. The maximum absolute atomic E-state index is 10.2. The smallest absolute Gasteiger partial charge is 0.347 e. The van der Waals surface area contributed by atoms with Crippen molar-refractivity contribution in [1.29, 1.82) is 0 Å². The number of aliphatic hydroxyl groups is 2. The minimum absolute atomic E-state index is 0.0883. The molecule has 66 valence electrons. The second-order valence-corrected chi connectivity index (χ2v) is 2.41. The highest BCUT2D eigenvalue weighted by molar-refractivity contribution is 4.72. The fourth-order valence-corrected chi connectivity index (χ4v) is 0.813. The third kappa shape index (κ3) is 1.87. The summed E-state index contributed by atoms with van der Waals surface area (Å²) in [7, 11) is 0. The molecule has 0 aliphatic rings. The fourth-order valence-electron chi connectivity index (χ4n) is 0.813. The van der Waals surface area contributed by atoms with Gasteiger partial charge in [-0.25, -0.2) is 0 Å². The highest BCUT2D eigenvalue weighted by atomic mass is 16.7. The summed E-state index contributed by atoms with van der Waals surface area (Å²) in [5.74, 6) is 0. The summed E-state index contributed by atoms with van der Waals surface area (Å²) in [6, 6.07) is 0. The Hall–Kier alpha value is -0.680. The maximum atomic E-state index is 10.2. The molecule has 0 saturated heterocycles. The summed E-state index contributed by atoms with van der Waals surface area (Å²) in [5.41, 5.74) is -2.17. The number of aliphatic hydroxyl groups excluding tert-OH is 1. The molecule has 11 heavy (non-hydrogen) atoms. The molecule has 0 amide bonds. The Kier molecular flexibility index (Phi) is 3.41. The first-order chi connectivity index (χ1) is 4.99. The normalized spacial score (nSPS) is 18.9. The Morgan fingerprint density at radius 2 is 2.09 bits per heavy atom. The molecule has 5 heteroatoms. The maximum Gasteiger partial charge on any atom is 0.347 e. The minimum atomic E-state index is -2.17. The lowest BCUT2D eigenvalue weighted by Gasteiger charge is -2.21. The van der Waals surface area contributed by atoms with Crippen LogP contribution >= 0.6 is 0 Å². The van der Waals surface area contributed by atoms with Crippen molar-refractivity contribution in [2.75, 3.05) is 0 Å². The molecule has 0 aliphatic heterocycles. The van der Waals surface area contributed by atoms with Gasteiger partial charge in [-0.1, -0.05) is 13.8 Å². The predicted octanol–water partition coefficient (Wildman–Crippen LogP) is 0.133. The Labute approximate surface area is 64.8 Å². The van der Waals surface area contributed by atoms with Crippen molar-refractivity contribution in [1.82, 2.24) is 0 Å². The van der Waals surface area contributed by atoms with Crippen molar-refractivity contribution in [3.63, 3.8) is 0 Å². The van der Waals surface area contributed by atoms with E-state index in [9.17, 15) is 15.2 Å². The van der Waals surface area contributed by atoms with E-state index in [4.69, 9.17) is 5.11 Å². The third-order valence-corrected chi connectivity index (χ3v) is 1.76. The molecule has 0 fully saturated rings. The van der Waals surface area contributed by atoms with Gasteiger partial charge in [-0.2, -0.15) is 0 Å². The molecular weight excluding hydrogens is 150 g/mol. The standard InChI is InChI=1S/C6H13NO4/c1-3-5(8)6(9,4-2)7(10)11/h5,8-9H,3-4H2,1-2H3. The van der Waals surface area contributed by atoms with Crippen LogP contribution in [0.25, 0.3) is 0 Å². The largest absolute Gasteiger partial charge is 0.383 e. The molecule has 0 aromatic rings. The Morgan fingerprint density at radius 3 is 2.18 bits per heavy atom. The molecule has 0 saturated carbocycles. The van der Waals surface area contributed by atoms with Crippen molar-refractivity contribution < 1.29 is 15.1 Å². The van der Waals surface area contributed by atoms with Crippen LogP contribution in [0.5, 0.6) is 0 Å². The molecule has 0 aliphatic carbocycles. The van der Waals surface area contributed by atoms with Gasteiger partial charge >= 0.3 is 5.72 Å². The van der Waals surface area contributed by atoms with Gasteiger partial charge < -0.3 is 10.2 Å². The average molecular weight is 163 g/mol. The quantitative estimate of drug-likeness (QED) is 0.350. The highest BCUT2D eigenvalue weighted by Crippen LogP contribution is 2.17. The first-order valence-corrected chi connectivity index (χ1v) is 3.54. The van der Waals surface area contributed by atoms with E-state index in [1.807, 2.05) is 0 Å². The summed E-state index contributed by atoms with van der Waals surface area (Å²) >= 11 is 0. The van der Waals surface area contributed by atoms with Gasteiger partial charge in [0.25, 0.3) is 0 Å². The molecule has 5 nitrogen and oxygen atoms in total. The van der Waals surface area contributed by atoms with Crippen LogP contribution in [0.15, 0.2) is 0 Å². The first kappa shape index (κ1) is 10.3. The third-order valence-electron chi connectivity index (χ3n) is 1.76. The summed E-state index contributed by atoms with van der Waals surface area (Å²) in [6.07, 6.45) is -1.21. The SMILES string of the molecule is CCC(O)C(O)(CC)[N+](=O)[O-]. The molecule has 0 aromatic carbocycles. The summed E-state index contributed by atoms with van der Waals surface area (Å²) in [4.78, 5) is 9.40. The second-order valence-electron chi connectivity index (χ2n) is 2.41. The van der Waals surface area contributed by atoms with Crippen molar-refractivity contribution in [2.24, 2.45) is 0 Å². The molecule has 0 aromatic heterocycles.